The molecular weight excluding hydrogens is 346 g/mol. The first-order valence-electron chi connectivity index (χ1n) is 5.55. The molecule has 0 aromatic heterocycles. The third kappa shape index (κ3) is 2.92. The molecule has 0 saturated carbocycles. The van der Waals surface area contributed by atoms with Gasteiger partial charge in [0.2, 0.25) is 5.75 Å². The summed E-state index contributed by atoms with van der Waals surface area (Å²) in [6.07, 6.45) is 0. The van der Waals surface area contributed by atoms with Gasteiger partial charge in [-0.2, -0.15) is 0 Å². The number of ether oxygens (including phenoxy) is 1. The van der Waals surface area contributed by atoms with Crippen LogP contribution in [0.1, 0.15) is 0 Å². The second-order valence-corrected chi connectivity index (χ2v) is 4.69. The van der Waals surface area contributed by atoms with Gasteiger partial charge in [0.15, 0.2) is 0 Å². The molecule has 108 valence electrons. The molecule has 0 heterocycles. The van der Waals surface area contributed by atoms with Crippen LogP contribution in [-0.4, -0.2) is 9.85 Å². The maximum absolute atomic E-state index is 11.0. The van der Waals surface area contributed by atoms with E-state index in [1.165, 1.54) is 36.4 Å². The van der Waals surface area contributed by atoms with Gasteiger partial charge in [-0.3, -0.25) is 20.2 Å². The van der Waals surface area contributed by atoms with Crippen LogP contribution in [0.2, 0.25) is 0 Å². The summed E-state index contributed by atoms with van der Waals surface area (Å²) in [7, 11) is 0. The molecule has 0 fully saturated rings. The largest absolute Gasteiger partial charge is 0.449 e. The molecule has 9 heteroatoms. The number of para-hydroxylation sites is 1. The summed E-state index contributed by atoms with van der Waals surface area (Å²) < 4.78 is 5.49. The average Bonchev–Trinajstić information content (AvgIpc) is 2.40. The summed E-state index contributed by atoms with van der Waals surface area (Å²) in [4.78, 5) is 20.6. The Bertz CT molecular complexity index is 735. The van der Waals surface area contributed by atoms with Crippen LogP contribution in [0.15, 0.2) is 40.9 Å². The van der Waals surface area contributed by atoms with Crippen LogP contribution in [0.4, 0.5) is 17.1 Å². The Morgan fingerprint density at radius 3 is 2.24 bits per heavy atom. The fraction of sp³-hybridized carbons (Fsp3) is 0. The van der Waals surface area contributed by atoms with E-state index >= 15 is 0 Å². The van der Waals surface area contributed by atoms with Crippen molar-refractivity contribution in [1.82, 2.24) is 0 Å². The third-order valence-electron chi connectivity index (χ3n) is 2.57. The van der Waals surface area contributed by atoms with Gasteiger partial charge in [0.1, 0.15) is 15.9 Å². The Morgan fingerprint density at radius 2 is 1.62 bits per heavy atom. The van der Waals surface area contributed by atoms with E-state index in [0.717, 1.165) is 0 Å². The lowest BCUT2D eigenvalue weighted by atomic mass is 10.2. The second-order valence-electron chi connectivity index (χ2n) is 3.90. The molecule has 2 aromatic carbocycles. The SMILES string of the molecule is Nc1cccc(Oc2cccc([N+](=O)[O-])c2Br)c1[N+](=O)[O-]. The smallest absolute Gasteiger partial charge is 0.334 e. The molecule has 2 N–H and O–H groups in total. The summed E-state index contributed by atoms with van der Waals surface area (Å²) in [5.74, 6) is -0.0147. The zero-order valence-electron chi connectivity index (χ0n) is 10.4. The number of benzene rings is 2. The predicted molar refractivity (Wildman–Crippen MR) is 78.4 cm³/mol. The molecule has 0 radical (unpaired) electrons. The molecule has 0 unspecified atom stereocenters. The molecule has 8 nitrogen and oxygen atoms in total. The summed E-state index contributed by atoms with van der Waals surface area (Å²) in [5.41, 5.74) is 4.89. The highest BCUT2D eigenvalue weighted by atomic mass is 79.9. The van der Waals surface area contributed by atoms with Gasteiger partial charge in [0.25, 0.3) is 5.69 Å². The van der Waals surface area contributed by atoms with Crippen molar-refractivity contribution in [2.45, 2.75) is 0 Å². The van der Waals surface area contributed by atoms with Gasteiger partial charge in [-0.1, -0.05) is 12.1 Å². The molecule has 0 aliphatic carbocycles. The Kier molecular flexibility index (Phi) is 4.03. The van der Waals surface area contributed by atoms with E-state index in [9.17, 15) is 20.2 Å². The fourth-order valence-electron chi connectivity index (χ4n) is 1.65. The molecular formula is C12H8BrN3O5. The molecule has 0 bridgehead atoms. The zero-order chi connectivity index (χ0) is 15.6. The van der Waals surface area contributed by atoms with Crippen LogP contribution in [-0.2, 0) is 0 Å². The average molecular weight is 354 g/mol. The van der Waals surface area contributed by atoms with Crippen molar-refractivity contribution in [3.05, 3.63) is 61.1 Å². The molecule has 0 aliphatic rings. The minimum Gasteiger partial charge on any atom is -0.449 e. The van der Waals surface area contributed by atoms with E-state index < -0.39 is 15.5 Å². The summed E-state index contributed by atoms with van der Waals surface area (Å²) >= 11 is 3.05. The second kappa shape index (κ2) is 5.75. The number of nitrogens with two attached hydrogens (primary N) is 1. The van der Waals surface area contributed by atoms with Crippen LogP contribution < -0.4 is 10.5 Å². The molecule has 0 atom stereocenters. The van der Waals surface area contributed by atoms with Gasteiger partial charge >= 0.3 is 5.69 Å². The standard InChI is InChI=1S/C12H8BrN3O5/c13-11-8(15(17)18)4-2-5-9(11)21-10-6-1-3-7(14)12(10)16(19)20/h1-6H,14H2. The number of nitrogen functional groups attached to an aromatic ring is 1. The lowest BCUT2D eigenvalue weighted by Gasteiger charge is -2.09. The van der Waals surface area contributed by atoms with Crippen molar-refractivity contribution >= 4 is 33.0 Å². The number of hydrogen-bond acceptors (Lipinski definition) is 6. The number of hydrogen-bond donors (Lipinski definition) is 1. The quantitative estimate of drug-likeness (QED) is 0.508. The molecule has 0 saturated heterocycles. The van der Waals surface area contributed by atoms with E-state index in [1.54, 1.807) is 0 Å². The Labute approximate surface area is 126 Å². The highest BCUT2D eigenvalue weighted by Crippen LogP contribution is 2.40. The summed E-state index contributed by atoms with van der Waals surface area (Å²) in [5, 5.41) is 21.9. The van der Waals surface area contributed by atoms with Gasteiger partial charge in [0, 0.05) is 6.07 Å². The number of nitro groups is 2. The molecule has 21 heavy (non-hydrogen) atoms. The first-order valence-corrected chi connectivity index (χ1v) is 6.34. The van der Waals surface area contributed by atoms with Crippen molar-refractivity contribution in [3.8, 4) is 11.5 Å². The predicted octanol–water partition coefficient (Wildman–Crippen LogP) is 3.64. The van der Waals surface area contributed by atoms with Gasteiger partial charge in [-0.15, -0.1) is 0 Å². The fourth-order valence-corrected chi connectivity index (χ4v) is 2.14. The maximum atomic E-state index is 11.0. The van der Waals surface area contributed by atoms with Crippen LogP contribution in [0.5, 0.6) is 11.5 Å². The van der Waals surface area contributed by atoms with E-state index in [0.29, 0.717) is 0 Å². The minimum absolute atomic E-state index is 0.0564. The third-order valence-corrected chi connectivity index (χ3v) is 3.37. The molecule has 0 amide bonds. The van der Waals surface area contributed by atoms with Crippen molar-refractivity contribution in [2.24, 2.45) is 0 Å². The van der Waals surface area contributed by atoms with Crippen LogP contribution in [0, 0.1) is 20.2 Å². The van der Waals surface area contributed by atoms with Crippen molar-refractivity contribution < 1.29 is 14.6 Å². The lowest BCUT2D eigenvalue weighted by molar-refractivity contribution is -0.386. The highest BCUT2D eigenvalue weighted by Gasteiger charge is 2.22. The van der Waals surface area contributed by atoms with Crippen molar-refractivity contribution in [1.29, 1.82) is 0 Å². The first-order chi connectivity index (χ1) is 9.91. The topological polar surface area (TPSA) is 122 Å². The monoisotopic (exact) mass is 353 g/mol. The van der Waals surface area contributed by atoms with Gasteiger partial charge in [0.05, 0.1) is 9.85 Å². The molecule has 2 aromatic rings. The number of nitrogens with zero attached hydrogens (tertiary/aromatic N) is 2. The number of rotatable bonds is 4. The van der Waals surface area contributed by atoms with E-state index in [2.05, 4.69) is 15.9 Å². The Morgan fingerprint density at radius 1 is 1.00 bits per heavy atom. The normalized spacial score (nSPS) is 10.1. The lowest BCUT2D eigenvalue weighted by Crippen LogP contribution is -1.99. The molecule has 2 rings (SSSR count). The molecule has 0 spiro atoms. The molecule has 0 aliphatic heterocycles. The highest BCUT2D eigenvalue weighted by molar-refractivity contribution is 9.10. The van der Waals surface area contributed by atoms with Gasteiger partial charge in [-0.05, 0) is 34.1 Å². The van der Waals surface area contributed by atoms with Crippen LogP contribution >= 0.6 is 15.9 Å². The van der Waals surface area contributed by atoms with Crippen LogP contribution in [0.3, 0.4) is 0 Å². The Balaban J connectivity index is 2.49. The van der Waals surface area contributed by atoms with Gasteiger partial charge < -0.3 is 10.5 Å². The zero-order valence-corrected chi connectivity index (χ0v) is 11.9. The van der Waals surface area contributed by atoms with E-state index in [4.69, 9.17) is 10.5 Å². The van der Waals surface area contributed by atoms with Crippen molar-refractivity contribution in [2.75, 3.05) is 5.73 Å². The number of nitro benzene ring substituents is 2. The minimum atomic E-state index is -0.671. The summed E-state index contributed by atoms with van der Waals surface area (Å²) in [6, 6.07) is 8.36. The van der Waals surface area contributed by atoms with Gasteiger partial charge in [-0.25, -0.2) is 0 Å². The first kappa shape index (κ1) is 14.7. The van der Waals surface area contributed by atoms with Crippen LogP contribution in [0.25, 0.3) is 0 Å². The maximum Gasteiger partial charge on any atom is 0.334 e. The van der Waals surface area contributed by atoms with Crippen molar-refractivity contribution in [3.63, 3.8) is 0 Å². The summed E-state index contributed by atoms with van der Waals surface area (Å²) in [6.45, 7) is 0. The number of halogens is 1. The van der Waals surface area contributed by atoms with E-state index in [-0.39, 0.29) is 27.3 Å². The number of anilines is 1. The Hall–Kier alpha value is -2.68. The van der Waals surface area contributed by atoms with E-state index in [1.807, 2.05) is 0 Å².